The first-order valence-electron chi connectivity index (χ1n) is 9.95. The second-order valence-electron chi connectivity index (χ2n) is 7.48. The van der Waals surface area contributed by atoms with Gasteiger partial charge in [0.05, 0.1) is 16.3 Å². The van der Waals surface area contributed by atoms with Gasteiger partial charge in [0.15, 0.2) is 15.0 Å². The van der Waals surface area contributed by atoms with Crippen LogP contribution in [0.4, 0.5) is 15.6 Å². The number of halogens is 1. The van der Waals surface area contributed by atoms with E-state index in [0.29, 0.717) is 30.1 Å². The van der Waals surface area contributed by atoms with Crippen molar-refractivity contribution in [1.82, 2.24) is 4.98 Å². The summed E-state index contributed by atoms with van der Waals surface area (Å²) in [4.78, 5) is 28.6. The average molecular weight is 633 g/mol. The number of hydrogen-bond donors (Lipinski definition) is 3. The van der Waals surface area contributed by atoms with Gasteiger partial charge in [-0.25, -0.2) is 24.3 Å². The highest BCUT2D eigenvalue weighted by molar-refractivity contribution is 14.0. The molecule has 0 saturated heterocycles. The van der Waals surface area contributed by atoms with E-state index in [-0.39, 0.29) is 34.8 Å². The molecule has 2 amide bonds. The number of thiol groups is 1. The van der Waals surface area contributed by atoms with Crippen molar-refractivity contribution in [2.24, 2.45) is 5.84 Å². The number of sulfone groups is 1. The molecule has 0 aliphatic rings. The van der Waals surface area contributed by atoms with Crippen LogP contribution in [0, 0.1) is 0 Å². The Morgan fingerprint density at radius 2 is 1.65 bits per heavy atom. The third-order valence-electron chi connectivity index (χ3n) is 4.85. The quantitative estimate of drug-likeness (QED) is 0.112. The summed E-state index contributed by atoms with van der Waals surface area (Å²) in [7, 11) is -3.25. The van der Waals surface area contributed by atoms with Crippen LogP contribution < -0.4 is 16.2 Å². The smallest absolute Gasteiger partial charge is 0.297 e. The lowest BCUT2D eigenvalue weighted by Gasteiger charge is -2.13. The minimum absolute atomic E-state index is 0. The lowest BCUT2D eigenvalue weighted by molar-refractivity contribution is -0.114. The highest BCUT2D eigenvalue weighted by Crippen LogP contribution is 2.28. The first-order chi connectivity index (χ1) is 15.5. The summed E-state index contributed by atoms with van der Waals surface area (Å²) in [6.07, 6.45) is 3.09. The molecule has 12 heteroatoms. The van der Waals surface area contributed by atoms with Crippen LogP contribution in [0.25, 0.3) is 0 Å². The number of carbonyl (C=O) groups excluding carboxylic acids is 2. The molecule has 0 radical (unpaired) electrons. The van der Waals surface area contributed by atoms with E-state index in [9.17, 15) is 18.0 Å². The number of hydrogen-bond acceptors (Lipinski definition) is 7. The zero-order valence-electron chi connectivity index (χ0n) is 18.5. The van der Waals surface area contributed by atoms with Gasteiger partial charge in [-0.05, 0) is 48.2 Å². The lowest BCUT2D eigenvalue weighted by Crippen LogP contribution is -2.33. The van der Waals surface area contributed by atoms with Gasteiger partial charge in [0.1, 0.15) is 0 Å². The van der Waals surface area contributed by atoms with Gasteiger partial charge in [0.25, 0.3) is 5.24 Å². The number of benzene rings is 2. The highest BCUT2D eigenvalue weighted by Gasteiger charge is 2.14. The van der Waals surface area contributed by atoms with E-state index in [1.54, 1.807) is 36.4 Å². The largest absolute Gasteiger partial charge is 0.302 e. The van der Waals surface area contributed by atoms with Gasteiger partial charge in [0, 0.05) is 24.5 Å². The number of nitrogens with zero attached hydrogens (tertiary/aromatic N) is 2. The normalized spacial score (nSPS) is 10.9. The molecule has 0 saturated carbocycles. The van der Waals surface area contributed by atoms with Crippen molar-refractivity contribution in [3.63, 3.8) is 0 Å². The predicted octanol–water partition coefficient (Wildman–Crippen LogP) is 4.23. The summed E-state index contributed by atoms with van der Waals surface area (Å²) >= 11 is 5.12. The fourth-order valence-electron chi connectivity index (χ4n) is 3.16. The van der Waals surface area contributed by atoms with E-state index in [4.69, 9.17) is 5.84 Å². The molecule has 0 atom stereocenters. The second-order valence-corrected chi connectivity index (χ2v) is 11.0. The molecule has 3 rings (SSSR count). The summed E-state index contributed by atoms with van der Waals surface area (Å²) in [5.74, 6) is 5.46. The molecule has 182 valence electrons. The van der Waals surface area contributed by atoms with Gasteiger partial charge in [-0.15, -0.1) is 35.3 Å². The number of nitrogens with one attached hydrogen (secondary N) is 1. The zero-order chi connectivity index (χ0) is 24.2. The molecule has 1 aromatic heterocycles. The van der Waals surface area contributed by atoms with E-state index < -0.39 is 15.1 Å². The van der Waals surface area contributed by atoms with E-state index in [1.165, 1.54) is 24.5 Å². The summed E-state index contributed by atoms with van der Waals surface area (Å²) in [6.45, 7) is 1.43. The molecular weight excluding hydrogens is 607 g/mol. The number of thiazole rings is 1. The highest BCUT2D eigenvalue weighted by atomic mass is 127. The van der Waals surface area contributed by atoms with Gasteiger partial charge in [0.2, 0.25) is 5.91 Å². The van der Waals surface area contributed by atoms with Crippen molar-refractivity contribution < 1.29 is 18.0 Å². The van der Waals surface area contributed by atoms with Gasteiger partial charge >= 0.3 is 0 Å². The molecule has 0 bridgehead atoms. The monoisotopic (exact) mass is 632 g/mol. The van der Waals surface area contributed by atoms with E-state index in [0.717, 1.165) is 26.7 Å². The van der Waals surface area contributed by atoms with Crippen LogP contribution in [0.15, 0.2) is 53.4 Å². The minimum atomic E-state index is -3.25. The van der Waals surface area contributed by atoms with Gasteiger partial charge < -0.3 is 5.32 Å². The standard InChI is InChI=1S/C22H24N4O4S3.HI/c1-14(27)24-21-25-19(12-7-15-3-8-17(9-4-15)26(23)22(28)31)20(32-21)13-16-5-10-18(11-6-16)33(2,29)30;/h3-6,8-11H,7,12-13,23H2,1-2H3,(H,28,31)(H,24,25,27);1H. The summed E-state index contributed by atoms with van der Waals surface area (Å²) in [6, 6.07) is 14.0. The fraction of sp³-hybridized carbons (Fsp3) is 0.227. The van der Waals surface area contributed by atoms with Gasteiger partial charge in [-0.3, -0.25) is 9.59 Å². The van der Waals surface area contributed by atoms with Crippen molar-refractivity contribution in [1.29, 1.82) is 0 Å². The maximum Gasteiger partial charge on any atom is 0.297 e. The van der Waals surface area contributed by atoms with Crippen LogP contribution >= 0.6 is 47.9 Å². The SMILES string of the molecule is CC(=O)Nc1nc(CCc2ccc(N(N)C(=O)S)cc2)c(Cc2ccc(S(C)(=O)=O)cc2)s1.I. The number of hydrazine groups is 1. The molecular formula is C22H25IN4O4S3. The molecule has 8 nitrogen and oxygen atoms in total. The van der Waals surface area contributed by atoms with Crippen LogP contribution in [-0.2, 0) is 33.9 Å². The van der Waals surface area contributed by atoms with Crippen molar-refractivity contribution >= 4 is 79.7 Å². The second kappa shape index (κ2) is 12.1. The lowest BCUT2D eigenvalue weighted by atomic mass is 10.0. The molecule has 0 aliphatic heterocycles. The molecule has 0 aliphatic carbocycles. The predicted molar refractivity (Wildman–Crippen MR) is 149 cm³/mol. The van der Waals surface area contributed by atoms with Crippen LogP contribution in [0.2, 0.25) is 0 Å². The topological polar surface area (TPSA) is 122 Å². The van der Waals surface area contributed by atoms with Crippen LogP contribution in [0.1, 0.15) is 28.6 Å². The van der Waals surface area contributed by atoms with Crippen LogP contribution in [-0.4, -0.2) is 30.8 Å². The van der Waals surface area contributed by atoms with Crippen molar-refractivity contribution in [2.75, 3.05) is 16.6 Å². The Balaban J connectivity index is 0.00000408. The van der Waals surface area contributed by atoms with Gasteiger partial charge in [-0.2, -0.15) is 0 Å². The maximum absolute atomic E-state index is 11.7. The molecule has 1 heterocycles. The minimum Gasteiger partial charge on any atom is -0.302 e. The number of rotatable bonds is 8. The van der Waals surface area contributed by atoms with Crippen LogP contribution in [0.5, 0.6) is 0 Å². The fourth-order valence-corrected chi connectivity index (χ4v) is 4.99. The Morgan fingerprint density at radius 1 is 1.06 bits per heavy atom. The number of aryl methyl sites for hydroxylation is 2. The van der Waals surface area contributed by atoms with E-state index in [1.807, 2.05) is 12.1 Å². The molecule has 2 aromatic carbocycles. The Hall–Kier alpha value is -2.00. The van der Waals surface area contributed by atoms with Crippen molar-refractivity contribution in [3.8, 4) is 0 Å². The number of aromatic nitrogens is 1. The Morgan fingerprint density at radius 3 is 2.18 bits per heavy atom. The van der Waals surface area contributed by atoms with E-state index >= 15 is 0 Å². The van der Waals surface area contributed by atoms with Crippen molar-refractivity contribution in [3.05, 3.63) is 70.2 Å². The number of amides is 2. The molecule has 0 fully saturated rings. The van der Waals surface area contributed by atoms with Gasteiger partial charge in [-0.1, -0.05) is 36.9 Å². The molecule has 3 N–H and O–H groups in total. The zero-order valence-corrected chi connectivity index (χ0v) is 23.4. The number of carbonyl (C=O) groups is 2. The summed E-state index contributed by atoms with van der Waals surface area (Å²) in [5.41, 5.74) is 3.39. The average Bonchev–Trinajstić information content (AvgIpc) is 3.12. The Bertz CT molecular complexity index is 1260. The first-order valence-corrected chi connectivity index (χ1v) is 13.1. The van der Waals surface area contributed by atoms with E-state index in [2.05, 4.69) is 22.9 Å². The van der Waals surface area contributed by atoms with Crippen molar-refractivity contribution in [2.45, 2.75) is 31.1 Å². The Labute approximate surface area is 225 Å². The first kappa shape index (κ1) is 28.2. The summed E-state index contributed by atoms with van der Waals surface area (Å²) in [5, 5.41) is 3.68. The summed E-state index contributed by atoms with van der Waals surface area (Å²) < 4.78 is 23.4. The molecule has 34 heavy (non-hydrogen) atoms. The molecule has 0 spiro atoms. The maximum atomic E-state index is 11.7. The third kappa shape index (κ3) is 7.77. The molecule has 0 unspecified atom stereocenters. The number of anilines is 2. The van der Waals surface area contributed by atoms with Crippen LogP contribution in [0.3, 0.4) is 0 Å². The molecule has 3 aromatic rings. The Kier molecular flexibility index (Phi) is 10.1. The third-order valence-corrected chi connectivity index (χ3v) is 7.21. The number of nitrogens with two attached hydrogens (primary N) is 1.